The summed E-state index contributed by atoms with van der Waals surface area (Å²) in [4.78, 5) is 28.9. The maximum Gasteiger partial charge on any atom is 0.326 e. The highest BCUT2D eigenvalue weighted by Gasteiger charge is 2.26. The van der Waals surface area contributed by atoms with Crippen LogP contribution in [0.15, 0.2) is 18.2 Å². The fraction of sp³-hybridized carbons (Fsp3) is 0.333. The van der Waals surface area contributed by atoms with Gasteiger partial charge < -0.3 is 10.0 Å². The Kier molecular flexibility index (Phi) is 4.70. The van der Waals surface area contributed by atoms with E-state index >= 15 is 0 Å². The fourth-order valence-corrected chi connectivity index (χ4v) is 2.26. The lowest BCUT2D eigenvalue weighted by Gasteiger charge is -2.21. The van der Waals surface area contributed by atoms with Crippen LogP contribution in [0, 0.1) is 13.8 Å². The second-order valence-electron chi connectivity index (χ2n) is 5.27. The van der Waals surface area contributed by atoms with Gasteiger partial charge in [-0.05, 0) is 39.0 Å². The Bertz CT molecular complexity index is 772. The molecule has 2 rings (SSSR count). The first-order valence-electron chi connectivity index (χ1n) is 6.92. The molecule has 0 bridgehead atoms. The number of halogens is 1. The number of rotatable bonds is 4. The summed E-state index contributed by atoms with van der Waals surface area (Å²) in [6.07, 6.45) is 0. The van der Waals surface area contributed by atoms with Gasteiger partial charge in [0, 0.05) is 12.7 Å². The zero-order valence-corrected chi connectivity index (χ0v) is 14.0. The van der Waals surface area contributed by atoms with Gasteiger partial charge in [0.25, 0.3) is 5.91 Å². The molecule has 0 saturated heterocycles. The number of pyridine rings is 1. The van der Waals surface area contributed by atoms with Crippen molar-refractivity contribution in [1.29, 1.82) is 0 Å². The highest BCUT2D eigenvalue weighted by Crippen LogP contribution is 2.19. The second kappa shape index (κ2) is 6.37. The van der Waals surface area contributed by atoms with Crippen molar-refractivity contribution in [3.05, 3.63) is 40.3 Å². The van der Waals surface area contributed by atoms with Crippen molar-refractivity contribution < 1.29 is 14.7 Å². The lowest BCUT2D eigenvalue weighted by molar-refractivity contribution is -0.141. The molecule has 0 saturated carbocycles. The fourth-order valence-electron chi connectivity index (χ4n) is 2.07. The number of likely N-dealkylation sites (N-methyl/N-ethyl adjacent to an activating group) is 1. The van der Waals surface area contributed by atoms with Crippen molar-refractivity contribution >= 4 is 23.5 Å². The number of nitrogens with zero attached hydrogens (tertiary/aromatic N) is 4. The summed E-state index contributed by atoms with van der Waals surface area (Å²) >= 11 is 6.06. The molecule has 0 fully saturated rings. The summed E-state index contributed by atoms with van der Waals surface area (Å²) in [6.45, 7) is 5.14. The van der Waals surface area contributed by atoms with Crippen molar-refractivity contribution in [3.63, 3.8) is 0 Å². The Hall–Kier alpha value is -2.41. The molecule has 8 heteroatoms. The molecule has 0 aliphatic rings. The number of carbonyl (C=O) groups excluding carboxylic acids is 1. The maximum absolute atomic E-state index is 12.5. The first kappa shape index (κ1) is 17.0. The van der Waals surface area contributed by atoms with Crippen molar-refractivity contribution in [3.8, 4) is 5.82 Å². The van der Waals surface area contributed by atoms with Crippen molar-refractivity contribution in [2.24, 2.45) is 0 Å². The van der Waals surface area contributed by atoms with Gasteiger partial charge in [0.1, 0.15) is 11.7 Å². The van der Waals surface area contributed by atoms with Crippen LogP contribution >= 0.6 is 11.6 Å². The van der Waals surface area contributed by atoms with E-state index in [0.29, 0.717) is 5.82 Å². The number of aryl methyl sites for hydroxylation is 2. The molecule has 2 heterocycles. The largest absolute Gasteiger partial charge is 0.480 e. The summed E-state index contributed by atoms with van der Waals surface area (Å²) in [5.74, 6) is -1.22. The molecular formula is C15H17ClN4O3. The van der Waals surface area contributed by atoms with E-state index in [9.17, 15) is 9.59 Å². The van der Waals surface area contributed by atoms with Crippen LogP contribution in [-0.2, 0) is 4.79 Å². The van der Waals surface area contributed by atoms with Gasteiger partial charge in [0.05, 0.1) is 10.7 Å². The number of hydrogen-bond acceptors (Lipinski definition) is 4. The standard InChI is InChI=1S/C15H17ClN4O3/c1-8-7-9(2)20(18-8)12-6-5-11(16)13(17-12)14(21)19(4)10(3)15(22)23/h5-7,10H,1-4H3,(H,22,23). The van der Waals surface area contributed by atoms with Gasteiger partial charge in [-0.25, -0.2) is 14.5 Å². The third-order valence-corrected chi connectivity index (χ3v) is 3.82. The molecule has 23 heavy (non-hydrogen) atoms. The molecular weight excluding hydrogens is 320 g/mol. The van der Waals surface area contributed by atoms with Crippen LogP contribution in [0.1, 0.15) is 28.8 Å². The van der Waals surface area contributed by atoms with Crippen LogP contribution in [0.2, 0.25) is 5.02 Å². The highest BCUT2D eigenvalue weighted by atomic mass is 35.5. The van der Waals surface area contributed by atoms with E-state index in [1.165, 1.54) is 14.0 Å². The van der Waals surface area contributed by atoms with E-state index in [0.717, 1.165) is 16.3 Å². The minimum atomic E-state index is -1.10. The van der Waals surface area contributed by atoms with Crippen LogP contribution in [0.4, 0.5) is 0 Å². The molecule has 0 spiro atoms. The van der Waals surface area contributed by atoms with Gasteiger partial charge in [-0.3, -0.25) is 4.79 Å². The highest BCUT2D eigenvalue weighted by molar-refractivity contribution is 6.33. The molecule has 1 unspecified atom stereocenters. The van der Waals surface area contributed by atoms with E-state index in [4.69, 9.17) is 16.7 Å². The Morgan fingerprint density at radius 1 is 1.35 bits per heavy atom. The molecule has 7 nitrogen and oxygen atoms in total. The summed E-state index contributed by atoms with van der Waals surface area (Å²) in [5, 5.41) is 13.5. The number of carboxylic acid groups (broad SMARTS) is 1. The van der Waals surface area contributed by atoms with E-state index in [1.54, 1.807) is 16.8 Å². The monoisotopic (exact) mass is 336 g/mol. The van der Waals surface area contributed by atoms with Gasteiger partial charge in [-0.2, -0.15) is 5.10 Å². The molecule has 0 radical (unpaired) electrons. The third-order valence-electron chi connectivity index (χ3n) is 3.52. The number of carboxylic acids is 1. The normalized spacial score (nSPS) is 12.0. The number of carbonyl (C=O) groups is 2. The zero-order valence-electron chi connectivity index (χ0n) is 13.2. The van der Waals surface area contributed by atoms with E-state index in [2.05, 4.69) is 10.1 Å². The average molecular weight is 337 g/mol. The van der Waals surface area contributed by atoms with Crippen molar-refractivity contribution in [2.45, 2.75) is 26.8 Å². The number of hydrogen-bond donors (Lipinski definition) is 1. The van der Waals surface area contributed by atoms with Crippen LogP contribution < -0.4 is 0 Å². The predicted molar refractivity (Wildman–Crippen MR) is 85.0 cm³/mol. The summed E-state index contributed by atoms with van der Waals surface area (Å²) in [6, 6.07) is 4.10. The topological polar surface area (TPSA) is 88.3 Å². The number of amides is 1. The molecule has 1 atom stereocenters. The smallest absolute Gasteiger partial charge is 0.326 e. The van der Waals surface area contributed by atoms with E-state index in [1.807, 2.05) is 19.9 Å². The quantitative estimate of drug-likeness (QED) is 0.923. The summed E-state index contributed by atoms with van der Waals surface area (Å²) in [5.41, 5.74) is 1.68. The summed E-state index contributed by atoms with van der Waals surface area (Å²) in [7, 11) is 1.40. The lowest BCUT2D eigenvalue weighted by atomic mass is 10.2. The summed E-state index contributed by atoms with van der Waals surface area (Å²) < 4.78 is 1.60. The van der Waals surface area contributed by atoms with E-state index < -0.39 is 17.9 Å². The van der Waals surface area contributed by atoms with Crippen LogP contribution in [0.25, 0.3) is 5.82 Å². The predicted octanol–water partition coefficient (Wildman–Crippen LogP) is 2.08. The van der Waals surface area contributed by atoms with Gasteiger partial charge in [0.15, 0.2) is 5.82 Å². The second-order valence-corrected chi connectivity index (χ2v) is 5.68. The molecule has 1 amide bonds. The Labute approximate surface area is 138 Å². The van der Waals surface area contributed by atoms with Crippen LogP contribution in [-0.4, -0.2) is 49.7 Å². The molecule has 1 N–H and O–H groups in total. The van der Waals surface area contributed by atoms with Crippen LogP contribution in [0.3, 0.4) is 0 Å². The molecule has 0 aromatic carbocycles. The number of aliphatic carboxylic acids is 1. The number of aromatic nitrogens is 3. The first-order chi connectivity index (χ1) is 10.7. The van der Waals surface area contributed by atoms with Crippen molar-refractivity contribution in [2.75, 3.05) is 7.05 Å². The zero-order chi connectivity index (χ0) is 17.3. The van der Waals surface area contributed by atoms with Gasteiger partial charge in [-0.1, -0.05) is 11.6 Å². The van der Waals surface area contributed by atoms with Crippen LogP contribution in [0.5, 0.6) is 0 Å². The Balaban J connectivity index is 2.44. The van der Waals surface area contributed by atoms with Gasteiger partial charge >= 0.3 is 5.97 Å². The van der Waals surface area contributed by atoms with Crippen molar-refractivity contribution in [1.82, 2.24) is 19.7 Å². The minimum Gasteiger partial charge on any atom is -0.480 e. The maximum atomic E-state index is 12.5. The first-order valence-corrected chi connectivity index (χ1v) is 7.30. The Morgan fingerprint density at radius 2 is 2.00 bits per heavy atom. The third kappa shape index (κ3) is 3.34. The molecule has 2 aromatic rings. The van der Waals surface area contributed by atoms with E-state index in [-0.39, 0.29) is 10.7 Å². The Morgan fingerprint density at radius 3 is 2.52 bits per heavy atom. The van der Waals surface area contributed by atoms with Gasteiger partial charge in [-0.15, -0.1) is 0 Å². The average Bonchev–Trinajstić information content (AvgIpc) is 2.84. The lowest BCUT2D eigenvalue weighted by Crippen LogP contribution is -2.40. The molecule has 0 aliphatic carbocycles. The van der Waals surface area contributed by atoms with Gasteiger partial charge in [0.2, 0.25) is 0 Å². The molecule has 122 valence electrons. The minimum absolute atomic E-state index is 0.00711. The molecule has 2 aromatic heterocycles. The SMILES string of the molecule is Cc1cc(C)n(-c2ccc(Cl)c(C(=O)N(C)C(C)C(=O)O)n2)n1. The molecule has 0 aliphatic heterocycles.